The molecule has 0 aliphatic carbocycles. The Balaban J connectivity index is 2.18. The second-order valence-electron chi connectivity index (χ2n) is 3.97. The molecule has 1 N–H and O–H groups in total. The Morgan fingerprint density at radius 3 is 2.55 bits per heavy atom. The third kappa shape index (κ3) is 3.62. The van der Waals surface area contributed by atoms with Gasteiger partial charge < -0.3 is 0 Å². The maximum atomic E-state index is 11.4. The number of nitrogens with one attached hydrogen (secondary N) is 1. The van der Waals surface area contributed by atoms with Gasteiger partial charge in [-0.1, -0.05) is 29.3 Å². The van der Waals surface area contributed by atoms with Crippen molar-refractivity contribution in [1.82, 2.24) is 14.8 Å². The summed E-state index contributed by atoms with van der Waals surface area (Å²) in [5, 5.41) is 5.05. The minimum Gasteiger partial charge on any atom is -0.250 e. The quantitative estimate of drug-likeness (QED) is 0.910. The summed E-state index contributed by atoms with van der Waals surface area (Å²) in [5.74, 6) is -0.0206. The van der Waals surface area contributed by atoms with Crippen LogP contribution in [0.2, 0.25) is 10.0 Å². The second kappa shape index (κ2) is 5.99. The highest BCUT2D eigenvalue weighted by Gasteiger charge is 2.12. The average molecular weight is 335 g/mol. The third-order valence-corrected chi connectivity index (χ3v) is 4.51. The van der Waals surface area contributed by atoms with E-state index in [2.05, 4.69) is 14.8 Å². The number of hydrogen-bond acceptors (Lipinski definition) is 4. The minimum absolute atomic E-state index is 0.0232. The molecular weight excluding hydrogens is 323 g/mol. The minimum atomic E-state index is -3.39. The fourth-order valence-corrected chi connectivity index (χ4v) is 2.51. The number of anilines is 1. The van der Waals surface area contributed by atoms with Gasteiger partial charge in [0.2, 0.25) is 10.0 Å². The molecule has 0 aliphatic heterocycles. The van der Waals surface area contributed by atoms with Gasteiger partial charge in [0.05, 0.1) is 12.3 Å². The lowest BCUT2D eigenvalue weighted by Crippen LogP contribution is -2.16. The molecule has 0 fully saturated rings. The summed E-state index contributed by atoms with van der Waals surface area (Å²) < 4.78 is 26.5. The highest BCUT2D eigenvalue weighted by atomic mass is 35.5. The molecule has 0 saturated carbocycles. The van der Waals surface area contributed by atoms with Gasteiger partial charge in [-0.3, -0.25) is 0 Å². The molecule has 0 atom stereocenters. The summed E-state index contributed by atoms with van der Waals surface area (Å²) in [6.45, 7) is 1.84. The van der Waals surface area contributed by atoms with E-state index in [0.717, 1.165) is 0 Å². The summed E-state index contributed by atoms with van der Waals surface area (Å²) in [7, 11) is -3.39. The Kier molecular flexibility index (Phi) is 4.52. The maximum absolute atomic E-state index is 11.4. The molecule has 1 aromatic heterocycles. The van der Waals surface area contributed by atoms with E-state index >= 15 is 0 Å². The average Bonchev–Trinajstić information content (AvgIpc) is 2.81. The van der Waals surface area contributed by atoms with E-state index in [1.165, 1.54) is 17.9 Å². The number of halogens is 2. The molecule has 9 heteroatoms. The van der Waals surface area contributed by atoms with E-state index < -0.39 is 10.0 Å². The van der Waals surface area contributed by atoms with Crippen molar-refractivity contribution in [3.05, 3.63) is 40.1 Å². The van der Waals surface area contributed by atoms with E-state index in [9.17, 15) is 8.42 Å². The van der Waals surface area contributed by atoms with Crippen molar-refractivity contribution >= 4 is 39.2 Å². The number of aromatic nitrogens is 3. The predicted molar refractivity (Wildman–Crippen MR) is 78.7 cm³/mol. The first kappa shape index (κ1) is 15.1. The van der Waals surface area contributed by atoms with Crippen LogP contribution in [0.25, 0.3) is 0 Å². The highest BCUT2D eigenvalue weighted by Crippen LogP contribution is 2.24. The third-order valence-electron chi connectivity index (χ3n) is 2.55. The maximum Gasteiger partial charge on any atom is 0.255 e. The molecule has 108 valence electrons. The summed E-state index contributed by atoms with van der Waals surface area (Å²) in [4.78, 5) is 3.88. The molecule has 1 heterocycles. The van der Waals surface area contributed by atoms with Crippen molar-refractivity contribution in [2.75, 3.05) is 10.5 Å². The Morgan fingerprint density at radius 1 is 1.30 bits per heavy atom. The zero-order valence-corrected chi connectivity index (χ0v) is 12.9. The molecule has 20 heavy (non-hydrogen) atoms. The normalized spacial score (nSPS) is 11.6. The van der Waals surface area contributed by atoms with Crippen LogP contribution in [0.15, 0.2) is 24.5 Å². The molecular formula is C11H12Cl2N4O2S. The van der Waals surface area contributed by atoms with Crippen molar-refractivity contribution in [2.24, 2.45) is 0 Å². The van der Waals surface area contributed by atoms with Crippen molar-refractivity contribution in [3.8, 4) is 0 Å². The number of rotatable bonds is 5. The largest absolute Gasteiger partial charge is 0.255 e. The lowest BCUT2D eigenvalue weighted by molar-refractivity contribution is 0.601. The fourth-order valence-electron chi connectivity index (χ4n) is 1.47. The van der Waals surface area contributed by atoms with Crippen LogP contribution < -0.4 is 4.72 Å². The number of sulfonamides is 1. The van der Waals surface area contributed by atoms with E-state index in [-0.39, 0.29) is 11.7 Å². The van der Waals surface area contributed by atoms with Crippen LogP contribution >= 0.6 is 23.2 Å². The van der Waals surface area contributed by atoms with E-state index in [1.807, 2.05) is 0 Å². The van der Waals surface area contributed by atoms with Crippen molar-refractivity contribution in [3.63, 3.8) is 0 Å². The number of hydrogen-bond donors (Lipinski definition) is 1. The van der Waals surface area contributed by atoms with Crippen molar-refractivity contribution < 1.29 is 8.42 Å². The zero-order valence-electron chi connectivity index (χ0n) is 10.5. The SMILES string of the molecule is CCS(=O)(=O)Nc1ncn(Cc2c(Cl)cccc2Cl)n1. The van der Waals surface area contributed by atoms with E-state index in [0.29, 0.717) is 22.2 Å². The lowest BCUT2D eigenvalue weighted by atomic mass is 10.2. The Morgan fingerprint density at radius 2 is 1.95 bits per heavy atom. The number of benzene rings is 1. The lowest BCUT2D eigenvalue weighted by Gasteiger charge is -2.06. The fraction of sp³-hybridized carbons (Fsp3) is 0.273. The van der Waals surface area contributed by atoms with Crippen LogP contribution in [0.3, 0.4) is 0 Å². The van der Waals surface area contributed by atoms with Crippen molar-refractivity contribution in [1.29, 1.82) is 0 Å². The van der Waals surface area contributed by atoms with Gasteiger partial charge in [-0.15, -0.1) is 5.10 Å². The van der Waals surface area contributed by atoms with Crippen LogP contribution in [-0.4, -0.2) is 28.9 Å². The molecule has 0 bridgehead atoms. The molecule has 0 radical (unpaired) electrons. The van der Waals surface area contributed by atoms with Crippen LogP contribution in [0, 0.1) is 0 Å². The molecule has 0 amide bonds. The van der Waals surface area contributed by atoms with Gasteiger partial charge in [-0.05, 0) is 19.1 Å². The monoisotopic (exact) mass is 334 g/mol. The van der Waals surface area contributed by atoms with Crippen LogP contribution in [-0.2, 0) is 16.6 Å². The summed E-state index contributed by atoms with van der Waals surface area (Å²) in [5.41, 5.74) is 0.700. The Hall–Kier alpha value is -1.31. The van der Waals surface area contributed by atoms with Gasteiger partial charge in [-0.25, -0.2) is 17.8 Å². The van der Waals surface area contributed by atoms with Crippen LogP contribution in [0.1, 0.15) is 12.5 Å². The summed E-state index contributed by atoms with van der Waals surface area (Å²) >= 11 is 12.1. The van der Waals surface area contributed by atoms with Gasteiger partial charge in [0.15, 0.2) is 0 Å². The molecule has 0 aliphatic rings. The van der Waals surface area contributed by atoms with Gasteiger partial charge in [0.1, 0.15) is 6.33 Å². The molecule has 6 nitrogen and oxygen atoms in total. The molecule has 1 aromatic carbocycles. The summed E-state index contributed by atoms with van der Waals surface area (Å²) in [6.07, 6.45) is 1.41. The van der Waals surface area contributed by atoms with Crippen LogP contribution in [0.5, 0.6) is 0 Å². The standard InChI is InChI=1S/C11H12Cl2N4O2S/c1-2-20(18,19)16-11-14-7-17(15-11)6-8-9(12)4-3-5-10(8)13/h3-5,7H,2,6H2,1H3,(H,15,16). The Bertz CT molecular complexity index is 695. The topological polar surface area (TPSA) is 76.9 Å². The molecule has 0 unspecified atom stereocenters. The number of nitrogens with zero attached hydrogens (tertiary/aromatic N) is 3. The first-order valence-corrected chi connectivity index (χ1v) is 8.15. The van der Waals surface area contributed by atoms with Crippen LogP contribution in [0.4, 0.5) is 5.95 Å². The molecule has 2 rings (SSSR count). The smallest absolute Gasteiger partial charge is 0.250 e. The van der Waals surface area contributed by atoms with E-state index in [4.69, 9.17) is 23.2 Å². The zero-order chi connectivity index (χ0) is 14.8. The van der Waals surface area contributed by atoms with Crippen molar-refractivity contribution in [2.45, 2.75) is 13.5 Å². The first-order valence-electron chi connectivity index (χ1n) is 5.74. The van der Waals surface area contributed by atoms with Gasteiger partial charge in [-0.2, -0.15) is 4.98 Å². The Labute approximate surface area is 126 Å². The molecule has 2 aromatic rings. The highest BCUT2D eigenvalue weighted by molar-refractivity contribution is 7.92. The second-order valence-corrected chi connectivity index (χ2v) is 6.80. The van der Waals surface area contributed by atoms with Gasteiger partial charge in [0.25, 0.3) is 5.95 Å². The van der Waals surface area contributed by atoms with E-state index in [1.54, 1.807) is 18.2 Å². The predicted octanol–water partition coefficient (Wildman–Crippen LogP) is 2.39. The first-order chi connectivity index (χ1) is 9.41. The molecule has 0 spiro atoms. The molecule has 0 saturated heterocycles. The van der Waals surface area contributed by atoms with Gasteiger partial charge >= 0.3 is 0 Å². The summed E-state index contributed by atoms with van der Waals surface area (Å²) in [6, 6.07) is 5.19. The van der Waals surface area contributed by atoms with Gasteiger partial charge in [0, 0.05) is 15.6 Å².